The molecule has 0 fully saturated rings. The van der Waals surface area contributed by atoms with E-state index in [1.807, 2.05) is 127 Å². The Morgan fingerprint density at radius 3 is 0.895 bits per heavy atom. The van der Waals surface area contributed by atoms with Crippen LogP contribution in [0.4, 0.5) is 0 Å². The second-order valence-corrected chi connectivity index (χ2v) is 21.2. The third-order valence-corrected chi connectivity index (χ3v) is 15.1. The molecule has 0 atom stereocenters. The van der Waals surface area contributed by atoms with E-state index >= 15 is 9.13 Å². The standard InChI is InChI=1S/C33H32O2P2Si/c1-38(2,3)33-25-31(36(34,27-16-8-4-9-17-27)28-18-10-5-11-19-28)24-32(26-33)37(35,29-20-12-6-13-21-29)30-22-14-7-15-23-30/h4-26H,1-3H3. The Labute approximate surface area is 227 Å². The molecule has 5 rings (SSSR count). The minimum atomic E-state index is -3.25. The molecule has 0 radical (unpaired) electrons. The number of rotatable bonds is 7. The van der Waals surface area contributed by atoms with Crippen LogP contribution >= 0.6 is 14.3 Å². The van der Waals surface area contributed by atoms with Crippen LogP contribution in [0.2, 0.25) is 19.6 Å². The summed E-state index contributed by atoms with van der Waals surface area (Å²) in [5, 5.41) is 5.72. The molecular formula is C33H32O2P2Si. The predicted octanol–water partition coefficient (Wildman–Crippen LogP) is 5.51. The molecule has 5 aromatic rings. The maximum atomic E-state index is 15.4. The largest absolute Gasteiger partial charge is 0.309 e. The summed E-state index contributed by atoms with van der Waals surface area (Å²) in [6.45, 7) is 6.84. The minimum absolute atomic E-state index is 0.733. The lowest BCUT2D eigenvalue weighted by Gasteiger charge is -2.27. The molecular weight excluding hydrogens is 518 g/mol. The SMILES string of the molecule is C[Si](C)(C)c1cc(P(=O)(c2ccccc2)c2ccccc2)cc(P(=O)(c2ccccc2)c2ccccc2)c1. The highest BCUT2D eigenvalue weighted by Gasteiger charge is 2.36. The van der Waals surface area contributed by atoms with Crippen LogP contribution in [-0.4, -0.2) is 8.07 Å². The third-order valence-electron chi connectivity index (χ3n) is 6.97. The first kappa shape index (κ1) is 26.4. The van der Waals surface area contributed by atoms with Crippen molar-refractivity contribution in [2.75, 3.05) is 0 Å². The molecule has 38 heavy (non-hydrogen) atoms. The van der Waals surface area contributed by atoms with Crippen molar-refractivity contribution in [2.24, 2.45) is 0 Å². The van der Waals surface area contributed by atoms with Crippen molar-refractivity contribution in [2.45, 2.75) is 19.6 Å². The van der Waals surface area contributed by atoms with Crippen LogP contribution in [0, 0.1) is 0 Å². The molecule has 0 amide bonds. The molecule has 5 aromatic carbocycles. The first-order valence-electron chi connectivity index (χ1n) is 12.8. The van der Waals surface area contributed by atoms with Gasteiger partial charge in [0.1, 0.15) is 0 Å². The molecule has 0 unspecified atom stereocenters. The van der Waals surface area contributed by atoms with Gasteiger partial charge in [0.15, 0.2) is 14.3 Å². The van der Waals surface area contributed by atoms with E-state index in [0.717, 1.165) is 37.0 Å². The van der Waals surface area contributed by atoms with E-state index in [1.165, 1.54) is 0 Å². The third kappa shape index (κ3) is 4.83. The fourth-order valence-electron chi connectivity index (χ4n) is 4.84. The van der Waals surface area contributed by atoms with Crippen LogP contribution in [0.25, 0.3) is 0 Å². The zero-order valence-corrected chi connectivity index (χ0v) is 24.8. The van der Waals surface area contributed by atoms with Gasteiger partial charge in [-0.2, -0.15) is 0 Å². The summed E-state index contributed by atoms with van der Waals surface area (Å²) in [5.74, 6) is 0. The topological polar surface area (TPSA) is 34.1 Å². The fraction of sp³-hybridized carbons (Fsp3) is 0.0909. The molecule has 0 N–H and O–H groups in total. The van der Waals surface area contributed by atoms with Crippen LogP contribution in [0.1, 0.15) is 0 Å². The van der Waals surface area contributed by atoms with Crippen LogP contribution < -0.4 is 37.0 Å². The van der Waals surface area contributed by atoms with E-state index < -0.39 is 22.4 Å². The molecule has 0 aliphatic rings. The molecule has 0 saturated heterocycles. The van der Waals surface area contributed by atoms with Crippen molar-refractivity contribution < 1.29 is 9.13 Å². The van der Waals surface area contributed by atoms with Gasteiger partial charge in [-0.3, -0.25) is 0 Å². The van der Waals surface area contributed by atoms with Gasteiger partial charge in [-0.15, -0.1) is 0 Å². The van der Waals surface area contributed by atoms with E-state index in [-0.39, 0.29) is 0 Å². The Morgan fingerprint density at radius 2 is 0.658 bits per heavy atom. The molecule has 5 heteroatoms. The molecule has 0 spiro atoms. The smallest absolute Gasteiger partial charge is 0.171 e. The Morgan fingerprint density at radius 1 is 0.395 bits per heavy atom. The van der Waals surface area contributed by atoms with Gasteiger partial charge in [-0.1, -0.05) is 158 Å². The van der Waals surface area contributed by atoms with Crippen LogP contribution in [0.3, 0.4) is 0 Å². The summed E-state index contributed by atoms with van der Waals surface area (Å²) in [5.41, 5.74) is 0. The zero-order chi connectivity index (χ0) is 26.8. The molecule has 0 heterocycles. The van der Waals surface area contributed by atoms with E-state index in [0.29, 0.717) is 0 Å². The summed E-state index contributed by atoms with van der Waals surface area (Å²) < 4.78 is 30.8. The van der Waals surface area contributed by atoms with E-state index in [4.69, 9.17) is 0 Å². The van der Waals surface area contributed by atoms with Crippen LogP contribution in [0.15, 0.2) is 140 Å². The van der Waals surface area contributed by atoms with Gasteiger partial charge in [-0.05, 0) is 6.07 Å². The molecule has 0 aliphatic carbocycles. The summed E-state index contributed by atoms with van der Waals surface area (Å²) in [4.78, 5) is 0. The van der Waals surface area contributed by atoms with Crippen molar-refractivity contribution in [3.8, 4) is 0 Å². The van der Waals surface area contributed by atoms with Gasteiger partial charge in [0.05, 0.1) is 8.07 Å². The van der Waals surface area contributed by atoms with Gasteiger partial charge in [0.2, 0.25) is 0 Å². The Kier molecular flexibility index (Phi) is 7.29. The fourth-order valence-corrected chi connectivity index (χ4v) is 11.8. The molecule has 0 bridgehead atoms. The van der Waals surface area contributed by atoms with Gasteiger partial charge in [0.25, 0.3) is 0 Å². The van der Waals surface area contributed by atoms with Gasteiger partial charge >= 0.3 is 0 Å². The first-order chi connectivity index (χ1) is 18.2. The number of benzene rings is 5. The van der Waals surface area contributed by atoms with Crippen molar-refractivity contribution in [1.82, 2.24) is 0 Å². The maximum absolute atomic E-state index is 15.4. The van der Waals surface area contributed by atoms with Crippen molar-refractivity contribution >= 4 is 59.4 Å². The lowest BCUT2D eigenvalue weighted by Crippen LogP contribution is -2.43. The second-order valence-electron chi connectivity index (χ2n) is 10.5. The summed E-state index contributed by atoms with van der Waals surface area (Å²) in [7, 11) is -8.40. The zero-order valence-electron chi connectivity index (χ0n) is 22.0. The monoisotopic (exact) mass is 550 g/mol. The average molecular weight is 551 g/mol. The first-order valence-corrected chi connectivity index (χ1v) is 19.7. The van der Waals surface area contributed by atoms with Crippen molar-refractivity contribution in [3.63, 3.8) is 0 Å². The Hall–Kier alpha value is -3.22. The quantitative estimate of drug-likeness (QED) is 0.198. The predicted molar refractivity (Wildman–Crippen MR) is 168 cm³/mol. The minimum Gasteiger partial charge on any atom is -0.309 e. The maximum Gasteiger partial charge on any atom is 0.171 e. The van der Waals surface area contributed by atoms with E-state index in [1.54, 1.807) is 0 Å². The number of hydrogen-bond acceptors (Lipinski definition) is 2. The van der Waals surface area contributed by atoms with E-state index in [2.05, 4.69) is 31.8 Å². The lowest BCUT2D eigenvalue weighted by molar-refractivity contribution is 0.592. The van der Waals surface area contributed by atoms with Gasteiger partial charge in [0, 0.05) is 31.8 Å². The van der Waals surface area contributed by atoms with Crippen LogP contribution in [-0.2, 0) is 9.13 Å². The second kappa shape index (κ2) is 10.5. The average Bonchev–Trinajstić information content (AvgIpc) is 2.97. The normalized spacial score (nSPS) is 12.3. The lowest BCUT2D eigenvalue weighted by atomic mass is 10.3. The summed E-state index contributed by atoms with van der Waals surface area (Å²) in [6.07, 6.45) is 0. The van der Waals surface area contributed by atoms with Crippen LogP contribution in [0.5, 0.6) is 0 Å². The van der Waals surface area contributed by atoms with Gasteiger partial charge in [-0.25, -0.2) is 0 Å². The molecule has 0 saturated carbocycles. The highest BCUT2D eigenvalue weighted by atomic mass is 31.2. The highest BCUT2D eigenvalue weighted by Crippen LogP contribution is 2.45. The molecule has 190 valence electrons. The summed E-state index contributed by atoms with van der Waals surface area (Å²) in [6, 6.07) is 45.1. The van der Waals surface area contributed by atoms with Crippen molar-refractivity contribution in [3.05, 3.63) is 140 Å². The Balaban J connectivity index is 1.88. The van der Waals surface area contributed by atoms with E-state index in [9.17, 15) is 0 Å². The Bertz CT molecular complexity index is 1430. The number of hydrogen-bond donors (Lipinski definition) is 0. The summed E-state index contributed by atoms with van der Waals surface area (Å²) >= 11 is 0. The van der Waals surface area contributed by atoms with Crippen molar-refractivity contribution in [1.29, 1.82) is 0 Å². The molecule has 0 aromatic heterocycles. The van der Waals surface area contributed by atoms with Gasteiger partial charge < -0.3 is 9.13 Å². The highest BCUT2D eigenvalue weighted by molar-refractivity contribution is 7.86. The molecule has 2 nitrogen and oxygen atoms in total. The molecule has 0 aliphatic heterocycles.